The first-order chi connectivity index (χ1) is 17.6. The third-order valence-corrected chi connectivity index (χ3v) is 7.84. The lowest BCUT2D eigenvalue weighted by atomic mass is 9.85. The first-order valence-electron chi connectivity index (χ1n) is 12.8. The van der Waals surface area contributed by atoms with Crippen molar-refractivity contribution in [1.29, 1.82) is 0 Å². The second kappa shape index (κ2) is 9.37. The van der Waals surface area contributed by atoms with Crippen molar-refractivity contribution in [2.24, 2.45) is 0 Å². The van der Waals surface area contributed by atoms with Gasteiger partial charge in [-0.2, -0.15) is 5.21 Å². The van der Waals surface area contributed by atoms with Crippen molar-refractivity contribution in [2.45, 2.75) is 69.9 Å². The zero-order chi connectivity index (χ0) is 24.6. The topological polar surface area (TPSA) is 102 Å². The van der Waals surface area contributed by atoms with Crippen LogP contribution in [0.4, 0.5) is 10.5 Å². The van der Waals surface area contributed by atoms with E-state index in [0.29, 0.717) is 6.04 Å². The summed E-state index contributed by atoms with van der Waals surface area (Å²) >= 11 is 0. The number of aromatic nitrogens is 6. The quantitative estimate of drug-likeness (QED) is 0.439. The second-order valence-electron chi connectivity index (χ2n) is 10.0. The highest BCUT2D eigenvalue weighted by molar-refractivity contribution is 5.95. The molecule has 1 aliphatic carbocycles. The van der Waals surface area contributed by atoms with Gasteiger partial charge in [0.1, 0.15) is 5.82 Å². The number of fused-ring (bicyclic) bond motifs is 3. The molecule has 0 bridgehead atoms. The molecule has 0 saturated heterocycles. The molecule has 0 radical (unpaired) electrons. The molecule has 4 aromatic rings. The predicted octanol–water partition coefficient (Wildman–Crippen LogP) is 4.95. The van der Waals surface area contributed by atoms with Crippen LogP contribution >= 0.6 is 0 Å². The number of benzene rings is 2. The third kappa shape index (κ3) is 3.92. The molecule has 9 nitrogen and oxygen atoms in total. The summed E-state index contributed by atoms with van der Waals surface area (Å²) in [6, 6.07) is 15.1. The molecule has 2 aliphatic rings. The summed E-state index contributed by atoms with van der Waals surface area (Å²) in [5, 5.41) is 15.0. The van der Waals surface area contributed by atoms with Gasteiger partial charge in [-0.05, 0) is 56.7 Å². The standard InChI is InChI=1S/C27H31N7O2/c1-17-11-12-21-22(33(17)27(35)36-2)13-14-23-25(21)28-24(15-18-7-4-3-5-8-18)34(23)20-10-6-9-19(16-20)26-29-31-32-30-26/h3-5,7-8,13-14,17,19-20H,6,9-12,15-16H2,1-2H3,(H,29,30,31,32)/t17-,19-,20+/m0/s1. The average molecular weight is 486 g/mol. The highest BCUT2D eigenvalue weighted by Crippen LogP contribution is 2.42. The summed E-state index contributed by atoms with van der Waals surface area (Å²) in [6.07, 6.45) is 6.42. The highest BCUT2D eigenvalue weighted by atomic mass is 16.5. The molecule has 2 aromatic carbocycles. The molecule has 1 amide bonds. The molecule has 1 fully saturated rings. The van der Waals surface area contributed by atoms with Crippen molar-refractivity contribution < 1.29 is 9.53 Å². The number of hydrogen-bond donors (Lipinski definition) is 1. The summed E-state index contributed by atoms with van der Waals surface area (Å²) in [5.41, 5.74) is 5.42. The van der Waals surface area contributed by atoms with E-state index >= 15 is 0 Å². The van der Waals surface area contributed by atoms with Gasteiger partial charge in [-0.15, -0.1) is 10.2 Å². The number of hydrogen-bond acceptors (Lipinski definition) is 6. The summed E-state index contributed by atoms with van der Waals surface area (Å²) in [6.45, 7) is 2.07. The Hall–Kier alpha value is -3.75. The van der Waals surface area contributed by atoms with Crippen LogP contribution < -0.4 is 4.90 Å². The predicted molar refractivity (Wildman–Crippen MR) is 136 cm³/mol. The monoisotopic (exact) mass is 485 g/mol. The molecule has 36 heavy (non-hydrogen) atoms. The largest absolute Gasteiger partial charge is 0.452 e. The van der Waals surface area contributed by atoms with Gasteiger partial charge in [0.05, 0.1) is 23.8 Å². The number of nitrogens with one attached hydrogen (secondary N) is 1. The number of amides is 1. The zero-order valence-corrected chi connectivity index (χ0v) is 20.7. The maximum atomic E-state index is 12.6. The van der Waals surface area contributed by atoms with Gasteiger partial charge in [0.15, 0.2) is 5.82 Å². The number of carbonyl (C=O) groups is 1. The fraction of sp³-hybridized carbons (Fsp3) is 0.444. The van der Waals surface area contributed by atoms with Crippen LogP contribution in [0.25, 0.3) is 11.0 Å². The molecule has 1 N–H and O–H groups in total. The van der Waals surface area contributed by atoms with Gasteiger partial charge in [-0.25, -0.2) is 9.78 Å². The van der Waals surface area contributed by atoms with Gasteiger partial charge in [0.25, 0.3) is 0 Å². The summed E-state index contributed by atoms with van der Waals surface area (Å²) in [5.74, 6) is 2.14. The number of ether oxygens (including phenoxy) is 1. The summed E-state index contributed by atoms with van der Waals surface area (Å²) < 4.78 is 7.57. The molecule has 9 heteroatoms. The number of rotatable bonds is 4. The van der Waals surface area contributed by atoms with E-state index in [-0.39, 0.29) is 18.1 Å². The minimum atomic E-state index is -0.318. The van der Waals surface area contributed by atoms with Crippen molar-refractivity contribution in [3.63, 3.8) is 0 Å². The molecule has 2 aromatic heterocycles. The number of anilines is 1. The molecule has 0 unspecified atom stereocenters. The van der Waals surface area contributed by atoms with E-state index in [2.05, 4.69) is 68.5 Å². The lowest BCUT2D eigenvalue weighted by molar-refractivity contribution is 0.175. The van der Waals surface area contributed by atoms with Gasteiger partial charge in [0.2, 0.25) is 0 Å². The Balaban J connectivity index is 1.47. The van der Waals surface area contributed by atoms with E-state index in [4.69, 9.17) is 9.72 Å². The highest BCUT2D eigenvalue weighted by Gasteiger charge is 2.34. The number of H-pyrrole nitrogens is 1. The molecule has 1 saturated carbocycles. The Morgan fingerprint density at radius 2 is 2.00 bits per heavy atom. The fourth-order valence-corrected chi connectivity index (χ4v) is 6.11. The molecule has 3 heterocycles. The van der Waals surface area contributed by atoms with Crippen LogP contribution in [-0.4, -0.2) is 49.4 Å². The lowest BCUT2D eigenvalue weighted by Crippen LogP contribution is -2.42. The van der Waals surface area contributed by atoms with Gasteiger partial charge in [-0.1, -0.05) is 42.0 Å². The zero-order valence-electron chi connectivity index (χ0n) is 20.7. The molecular weight excluding hydrogens is 454 g/mol. The number of methoxy groups -OCH3 is 1. The Morgan fingerprint density at radius 3 is 2.78 bits per heavy atom. The first-order valence-corrected chi connectivity index (χ1v) is 12.8. The average Bonchev–Trinajstić information content (AvgIpc) is 3.57. The maximum Gasteiger partial charge on any atom is 0.414 e. The van der Waals surface area contributed by atoms with E-state index in [0.717, 1.165) is 78.9 Å². The minimum Gasteiger partial charge on any atom is -0.452 e. The molecule has 186 valence electrons. The Morgan fingerprint density at radius 1 is 1.14 bits per heavy atom. The first kappa shape index (κ1) is 22.7. The van der Waals surface area contributed by atoms with Gasteiger partial charge < -0.3 is 9.30 Å². The van der Waals surface area contributed by atoms with Crippen LogP contribution in [0.5, 0.6) is 0 Å². The normalized spacial score (nSPS) is 21.9. The van der Waals surface area contributed by atoms with Crippen LogP contribution in [-0.2, 0) is 17.6 Å². The van der Waals surface area contributed by atoms with E-state index in [1.165, 1.54) is 12.7 Å². The summed E-state index contributed by atoms with van der Waals surface area (Å²) in [4.78, 5) is 19.7. The van der Waals surface area contributed by atoms with Gasteiger partial charge >= 0.3 is 6.09 Å². The molecule has 3 atom stereocenters. The molecule has 1 aliphatic heterocycles. The fourth-order valence-electron chi connectivity index (χ4n) is 6.11. The second-order valence-corrected chi connectivity index (χ2v) is 10.0. The van der Waals surface area contributed by atoms with Crippen molar-refractivity contribution in [1.82, 2.24) is 30.2 Å². The van der Waals surface area contributed by atoms with Crippen molar-refractivity contribution >= 4 is 22.8 Å². The van der Waals surface area contributed by atoms with Crippen LogP contribution in [0.1, 0.15) is 73.8 Å². The smallest absolute Gasteiger partial charge is 0.414 e. The minimum absolute atomic E-state index is 0.0855. The molecular formula is C27H31N7O2. The Labute approximate surface area is 209 Å². The van der Waals surface area contributed by atoms with Crippen molar-refractivity contribution in [2.75, 3.05) is 12.0 Å². The van der Waals surface area contributed by atoms with Crippen LogP contribution in [0.15, 0.2) is 42.5 Å². The molecule has 0 spiro atoms. The van der Waals surface area contributed by atoms with E-state index in [9.17, 15) is 4.79 Å². The van der Waals surface area contributed by atoms with Gasteiger partial charge in [0, 0.05) is 30.0 Å². The third-order valence-electron chi connectivity index (χ3n) is 7.84. The Bertz CT molecular complexity index is 1370. The van der Waals surface area contributed by atoms with Gasteiger partial charge in [-0.3, -0.25) is 4.90 Å². The number of nitrogens with zero attached hydrogens (tertiary/aromatic N) is 6. The van der Waals surface area contributed by atoms with E-state index in [1.807, 2.05) is 6.07 Å². The number of aryl methyl sites for hydroxylation is 1. The lowest BCUT2D eigenvalue weighted by Gasteiger charge is -2.34. The van der Waals surface area contributed by atoms with Crippen LogP contribution in [0.2, 0.25) is 0 Å². The van der Waals surface area contributed by atoms with Crippen molar-refractivity contribution in [3.8, 4) is 0 Å². The number of aromatic amines is 1. The van der Waals surface area contributed by atoms with E-state index < -0.39 is 0 Å². The maximum absolute atomic E-state index is 12.6. The van der Waals surface area contributed by atoms with Crippen LogP contribution in [0.3, 0.4) is 0 Å². The van der Waals surface area contributed by atoms with Crippen molar-refractivity contribution in [3.05, 3.63) is 65.2 Å². The molecule has 6 rings (SSSR count). The SMILES string of the molecule is COC(=O)N1c2ccc3c(nc(Cc4ccccc4)n3[C@@H]3CCC[C@H](c4nn[nH]n4)C3)c2CC[C@@H]1C. The number of carbonyl (C=O) groups excluding carboxylic acids is 1. The number of imidazole rings is 1. The number of tetrazole rings is 1. The van der Waals surface area contributed by atoms with E-state index in [1.54, 1.807) is 4.90 Å². The Kier molecular flexibility index (Phi) is 5.91. The van der Waals surface area contributed by atoms with Crippen LogP contribution in [0, 0.1) is 0 Å². The summed E-state index contributed by atoms with van der Waals surface area (Å²) in [7, 11) is 1.44.